The highest BCUT2D eigenvalue weighted by Gasteiger charge is 2.45. The zero-order chi connectivity index (χ0) is 17.3. The molecular weight excluding hydrogens is 306 g/mol. The van der Waals surface area contributed by atoms with Crippen LogP contribution in [0.2, 0.25) is 0 Å². The first kappa shape index (κ1) is 15.8. The van der Waals surface area contributed by atoms with Gasteiger partial charge in [-0.3, -0.25) is 9.69 Å². The monoisotopic (exact) mass is 323 g/mol. The van der Waals surface area contributed by atoms with Crippen LogP contribution in [0.15, 0.2) is 65.9 Å². The average molecular weight is 323 g/mol. The molecule has 1 amide bonds. The van der Waals surface area contributed by atoms with Crippen molar-refractivity contribution in [1.29, 1.82) is 0 Å². The summed E-state index contributed by atoms with van der Waals surface area (Å²) >= 11 is 0. The van der Waals surface area contributed by atoms with Crippen molar-refractivity contribution in [2.75, 3.05) is 12.0 Å². The summed E-state index contributed by atoms with van der Waals surface area (Å²) in [4.78, 5) is 26.2. The van der Waals surface area contributed by atoms with Gasteiger partial charge in [-0.25, -0.2) is 4.79 Å². The van der Waals surface area contributed by atoms with E-state index in [2.05, 4.69) is 0 Å². The molecular formula is C19H17NO4. The van der Waals surface area contributed by atoms with Crippen molar-refractivity contribution in [1.82, 2.24) is 0 Å². The van der Waals surface area contributed by atoms with Crippen molar-refractivity contribution < 1.29 is 19.4 Å². The molecule has 1 aliphatic rings. The van der Waals surface area contributed by atoms with Crippen LogP contribution in [0.4, 0.5) is 5.69 Å². The van der Waals surface area contributed by atoms with Gasteiger partial charge in [0.05, 0.1) is 13.2 Å². The molecule has 1 unspecified atom stereocenters. The maximum atomic E-state index is 12.6. The molecule has 0 fully saturated rings. The fraction of sp³-hybridized carbons (Fsp3) is 0.158. The minimum atomic E-state index is -0.728. The van der Waals surface area contributed by atoms with Gasteiger partial charge in [0, 0.05) is 5.69 Å². The third-order valence-electron chi connectivity index (χ3n) is 4.04. The third kappa shape index (κ3) is 2.54. The van der Waals surface area contributed by atoms with E-state index in [0.717, 1.165) is 11.1 Å². The summed E-state index contributed by atoms with van der Waals surface area (Å²) in [5.41, 5.74) is 2.32. The summed E-state index contributed by atoms with van der Waals surface area (Å²) in [6.45, 7) is 1.94. The fourth-order valence-electron chi connectivity index (χ4n) is 2.85. The zero-order valence-electron chi connectivity index (χ0n) is 13.4. The second-order valence-corrected chi connectivity index (χ2v) is 5.58. The lowest BCUT2D eigenvalue weighted by Gasteiger charge is -2.26. The van der Waals surface area contributed by atoms with Crippen LogP contribution in [0.1, 0.15) is 17.2 Å². The van der Waals surface area contributed by atoms with Crippen LogP contribution >= 0.6 is 0 Å². The molecule has 1 heterocycles. The van der Waals surface area contributed by atoms with E-state index in [1.807, 2.05) is 37.3 Å². The number of aryl methyl sites for hydroxylation is 1. The van der Waals surface area contributed by atoms with Gasteiger partial charge in [-0.05, 0) is 24.6 Å². The Morgan fingerprint density at radius 1 is 1.08 bits per heavy atom. The normalized spacial score (nSPS) is 17.3. The molecule has 0 radical (unpaired) electrons. The molecule has 0 saturated carbocycles. The molecule has 5 heteroatoms. The number of anilines is 1. The van der Waals surface area contributed by atoms with E-state index in [-0.39, 0.29) is 5.57 Å². The molecule has 1 N–H and O–H groups in total. The lowest BCUT2D eigenvalue weighted by molar-refractivity contribution is -0.136. The fourth-order valence-corrected chi connectivity index (χ4v) is 2.85. The van der Waals surface area contributed by atoms with Gasteiger partial charge in [0.1, 0.15) is 5.57 Å². The molecule has 122 valence electrons. The number of hydrogen-bond donors (Lipinski definition) is 1. The summed E-state index contributed by atoms with van der Waals surface area (Å²) in [7, 11) is 1.23. The number of rotatable bonds is 3. The van der Waals surface area contributed by atoms with Crippen molar-refractivity contribution in [2.24, 2.45) is 0 Å². The number of carbonyl (C=O) groups is 2. The Bertz CT molecular complexity index is 809. The molecule has 0 aliphatic carbocycles. The zero-order valence-corrected chi connectivity index (χ0v) is 13.4. The molecule has 2 aromatic carbocycles. The molecule has 0 spiro atoms. The van der Waals surface area contributed by atoms with Gasteiger partial charge in [0.15, 0.2) is 5.76 Å². The van der Waals surface area contributed by atoms with E-state index in [9.17, 15) is 14.7 Å². The standard InChI is InChI=1S/C19H17NO4/c1-12-8-10-14(11-9-12)20-16(13-6-4-3-5-7-13)15(19(23)24-2)17(21)18(20)22/h3-11,16,21H,1-2H3. The maximum absolute atomic E-state index is 12.6. The van der Waals surface area contributed by atoms with Crippen LogP contribution < -0.4 is 4.90 Å². The number of benzene rings is 2. The van der Waals surface area contributed by atoms with Crippen LogP contribution in [0, 0.1) is 6.92 Å². The highest BCUT2D eigenvalue weighted by Crippen LogP contribution is 2.40. The van der Waals surface area contributed by atoms with Crippen molar-refractivity contribution in [3.63, 3.8) is 0 Å². The Hall–Kier alpha value is -3.08. The smallest absolute Gasteiger partial charge is 0.340 e. The molecule has 2 aromatic rings. The predicted molar refractivity (Wildman–Crippen MR) is 89.5 cm³/mol. The Kier molecular flexibility index (Phi) is 4.08. The van der Waals surface area contributed by atoms with Crippen molar-refractivity contribution in [3.8, 4) is 0 Å². The predicted octanol–water partition coefficient (Wildman–Crippen LogP) is 3.07. The van der Waals surface area contributed by atoms with Gasteiger partial charge in [-0.1, -0.05) is 48.0 Å². The van der Waals surface area contributed by atoms with Crippen LogP contribution in [0.5, 0.6) is 0 Å². The molecule has 1 aliphatic heterocycles. The van der Waals surface area contributed by atoms with Gasteiger partial charge in [-0.15, -0.1) is 0 Å². The van der Waals surface area contributed by atoms with E-state index < -0.39 is 23.7 Å². The Morgan fingerprint density at radius 3 is 2.29 bits per heavy atom. The maximum Gasteiger partial charge on any atom is 0.340 e. The summed E-state index contributed by atoms with van der Waals surface area (Å²) < 4.78 is 4.77. The highest BCUT2D eigenvalue weighted by molar-refractivity contribution is 6.15. The number of carbonyl (C=O) groups excluding carboxylic acids is 2. The van der Waals surface area contributed by atoms with Crippen LogP contribution in [-0.4, -0.2) is 24.1 Å². The minimum absolute atomic E-state index is 0.0470. The number of hydrogen-bond acceptors (Lipinski definition) is 4. The molecule has 0 aromatic heterocycles. The molecule has 0 saturated heterocycles. The largest absolute Gasteiger partial charge is 0.503 e. The SMILES string of the molecule is COC(=O)C1=C(O)C(=O)N(c2ccc(C)cc2)C1c1ccccc1. The van der Waals surface area contributed by atoms with Gasteiger partial charge < -0.3 is 9.84 Å². The summed E-state index contributed by atoms with van der Waals surface area (Å²) in [5, 5.41) is 10.3. The van der Waals surface area contributed by atoms with E-state index in [1.165, 1.54) is 12.0 Å². The first-order chi connectivity index (χ1) is 11.5. The van der Waals surface area contributed by atoms with Crippen LogP contribution in [0.25, 0.3) is 0 Å². The molecule has 5 nitrogen and oxygen atoms in total. The average Bonchev–Trinajstić information content (AvgIpc) is 2.87. The number of esters is 1. The van der Waals surface area contributed by atoms with Gasteiger partial charge in [-0.2, -0.15) is 0 Å². The Balaban J connectivity index is 2.16. The number of aliphatic hydroxyl groups excluding tert-OH is 1. The Labute approximate surface area is 139 Å². The number of aliphatic hydroxyl groups is 1. The summed E-state index contributed by atoms with van der Waals surface area (Å²) in [6, 6.07) is 15.7. The van der Waals surface area contributed by atoms with E-state index >= 15 is 0 Å². The number of nitrogens with zero attached hydrogens (tertiary/aromatic N) is 1. The van der Waals surface area contributed by atoms with Gasteiger partial charge in [0.25, 0.3) is 5.91 Å². The second-order valence-electron chi connectivity index (χ2n) is 5.58. The Morgan fingerprint density at radius 2 is 1.71 bits per heavy atom. The van der Waals surface area contributed by atoms with Gasteiger partial charge in [0.2, 0.25) is 0 Å². The molecule has 24 heavy (non-hydrogen) atoms. The quantitative estimate of drug-likeness (QED) is 0.882. The van der Waals surface area contributed by atoms with Crippen LogP contribution in [-0.2, 0) is 14.3 Å². The number of ether oxygens (including phenoxy) is 1. The van der Waals surface area contributed by atoms with Crippen molar-refractivity contribution in [3.05, 3.63) is 77.1 Å². The third-order valence-corrected chi connectivity index (χ3v) is 4.04. The van der Waals surface area contributed by atoms with Gasteiger partial charge >= 0.3 is 5.97 Å². The van der Waals surface area contributed by atoms with Crippen molar-refractivity contribution in [2.45, 2.75) is 13.0 Å². The van der Waals surface area contributed by atoms with E-state index in [0.29, 0.717) is 5.69 Å². The summed E-state index contributed by atoms with van der Waals surface area (Å²) in [6.07, 6.45) is 0. The summed E-state index contributed by atoms with van der Waals surface area (Å²) in [5.74, 6) is -1.91. The minimum Gasteiger partial charge on any atom is -0.503 e. The van der Waals surface area contributed by atoms with E-state index in [4.69, 9.17) is 4.74 Å². The molecule has 0 bridgehead atoms. The molecule has 1 atom stereocenters. The number of methoxy groups -OCH3 is 1. The lowest BCUT2D eigenvalue weighted by Crippen LogP contribution is -2.31. The number of amides is 1. The van der Waals surface area contributed by atoms with E-state index in [1.54, 1.807) is 24.3 Å². The topological polar surface area (TPSA) is 66.8 Å². The highest BCUT2D eigenvalue weighted by atomic mass is 16.5. The first-order valence-corrected chi connectivity index (χ1v) is 7.51. The van der Waals surface area contributed by atoms with Crippen molar-refractivity contribution >= 4 is 17.6 Å². The second kappa shape index (κ2) is 6.20. The molecule has 3 rings (SSSR count). The van der Waals surface area contributed by atoms with Crippen LogP contribution in [0.3, 0.4) is 0 Å². The lowest BCUT2D eigenvalue weighted by atomic mass is 9.99. The first-order valence-electron chi connectivity index (χ1n) is 7.51.